The molecule has 0 aliphatic rings. The van der Waals surface area contributed by atoms with Crippen molar-refractivity contribution in [1.82, 2.24) is 0 Å². The van der Waals surface area contributed by atoms with Gasteiger partial charge in [0.15, 0.2) is 0 Å². The maximum absolute atomic E-state index is 12.3. The molecule has 0 heterocycles. The van der Waals surface area contributed by atoms with Crippen LogP contribution in [0.4, 0.5) is 5.69 Å². The van der Waals surface area contributed by atoms with Crippen LogP contribution in [0.1, 0.15) is 30.4 Å². The summed E-state index contributed by atoms with van der Waals surface area (Å²) in [4.78, 5) is 12.3. The van der Waals surface area contributed by atoms with Gasteiger partial charge in [0.05, 0.1) is 13.2 Å². The Morgan fingerprint density at radius 2 is 2.04 bits per heavy atom. The lowest BCUT2D eigenvalue weighted by atomic mass is 9.95. The molecular formula is C20H23NO3. The van der Waals surface area contributed by atoms with Gasteiger partial charge in [0, 0.05) is 23.6 Å². The summed E-state index contributed by atoms with van der Waals surface area (Å²) in [5, 5.41) is 12.3. The first-order chi connectivity index (χ1) is 11.7. The van der Waals surface area contributed by atoms with Gasteiger partial charge in [-0.15, -0.1) is 6.58 Å². The first kappa shape index (κ1) is 17.8. The highest BCUT2D eigenvalue weighted by molar-refractivity contribution is 5.91. The molecule has 0 radical (unpaired) electrons. The zero-order chi connectivity index (χ0) is 17.4. The van der Waals surface area contributed by atoms with Crippen molar-refractivity contribution in [3.63, 3.8) is 0 Å². The van der Waals surface area contributed by atoms with Gasteiger partial charge in [-0.05, 0) is 30.7 Å². The summed E-state index contributed by atoms with van der Waals surface area (Å²) in [5.41, 5.74) is 2.35. The van der Waals surface area contributed by atoms with Gasteiger partial charge >= 0.3 is 0 Å². The molecule has 2 N–H and O–H groups in total. The van der Waals surface area contributed by atoms with Gasteiger partial charge < -0.3 is 15.2 Å². The minimum atomic E-state index is -0.141. The zero-order valence-corrected chi connectivity index (χ0v) is 13.9. The van der Waals surface area contributed by atoms with Crippen molar-refractivity contribution in [3.8, 4) is 5.75 Å². The summed E-state index contributed by atoms with van der Waals surface area (Å²) in [7, 11) is 0. The molecule has 0 bridgehead atoms. The number of rotatable bonds is 8. The van der Waals surface area contributed by atoms with Crippen LogP contribution in [0.3, 0.4) is 0 Å². The number of hydrogen-bond acceptors (Lipinski definition) is 3. The predicted molar refractivity (Wildman–Crippen MR) is 96.2 cm³/mol. The lowest BCUT2D eigenvalue weighted by Crippen LogP contribution is -2.15. The van der Waals surface area contributed by atoms with Gasteiger partial charge in [0.2, 0.25) is 5.91 Å². The first-order valence-corrected chi connectivity index (χ1v) is 8.01. The van der Waals surface area contributed by atoms with Gasteiger partial charge in [0.1, 0.15) is 5.75 Å². The van der Waals surface area contributed by atoms with E-state index in [4.69, 9.17) is 4.74 Å². The van der Waals surface area contributed by atoms with Gasteiger partial charge in [-0.3, -0.25) is 4.79 Å². The van der Waals surface area contributed by atoms with Crippen LogP contribution >= 0.6 is 0 Å². The van der Waals surface area contributed by atoms with Crippen molar-refractivity contribution >= 4 is 11.6 Å². The number of ether oxygens (including phenoxy) is 1. The number of aliphatic hydroxyl groups excluding tert-OH is 1. The monoisotopic (exact) mass is 325 g/mol. The van der Waals surface area contributed by atoms with Crippen molar-refractivity contribution in [2.75, 3.05) is 11.9 Å². The fraction of sp³-hybridized carbons (Fsp3) is 0.250. The van der Waals surface area contributed by atoms with E-state index in [1.165, 1.54) is 0 Å². The third kappa shape index (κ3) is 4.70. The maximum Gasteiger partial charge on any atom is 0.225 e. The lowest BCUT2D eigenvalue weighted by molar-refractivity contribution is -0.116. The highest BCUT2D eigenvalue weighted by Gasteiger charge is 2.13. The van der Waals surface area contributed by atoms with Crippen molar-refractivity contribution < 1.29 is 14.6 Å². The molecule has 4 heteroatoms. The molecule has 2 aromatic rings. The Hall–Kier alpha value is -2.59. The Labute approximate surface area is 142 Å². The quantitative estimate of drug-likeness (QED) is 0.724. The topological polar surface area (TPSA) is 58.6 Å². The van der Waals surface area contributed by atoms with E-state index in [1.807, 2.05) is 37.3 Å². The molecule has 2 rings (SSSR count). The van der Waals surface area contributed by atoms with E-state index >= 15 is 0 Å². The molecular weight excluding hydrogens is 302 g/mol. The second-order valence-corrected chi connectivity index (χ2v) is 5.42. The molecule has 1 amide bonds. The summed E-state index contributed by atoms with van der Waals surface area (Å²) < 4.78 is 5.44. The summed E-state index contributed by atoms with van der Waals surface area (Å²) in [6.07, 6.45) is 2.10. The number of amides is 1. The SMILES string of the molecule is C=CC(CC(=O)Nc1ccc(OCC)c(CO)c1)c1ccccc1. The molecule has 1 unspecified atom stereocenters. The van der Waals surface area contributed by atoms with Gasteiger partial charge in [-0.25, -0.2) is 0 Å². The Kier molecular flexibility index (Phi) is 6.58. The van der Waals surface area contributed by atoms with Crippen LogP contribution in [0.5, 0.6) is 5.75 Å². The molecule has 0 saturated carbocycles. The van der Waals surface area contributed by atoms with E-state index in [0.717, 1.165) is 5.56 Å². The van der Waals surface area contributed by atoms with E-state index in [1.54, 1.807) is 24.3 Å². The van der Waals surface area contributed by atoms with Crippen LogP contribution in [-0.2, 0) is 11.4 Å². The van der Waals surface area contributed by atoms with Crippen LogP contribution in [0, 0.1) is 0 Å². The zero-order valence-electron chi connectivity index (χ0n) is 13.9. The molecule has 1 atom stereocenters. The third-order valence-electron chi connectivity index (χ3n) is 3.73. The van der Waals surface area contributed by atoms with Crippen LogP contribution < -0.4 is 10.1 Å². The average molecular weight is 325 g/mol. The molecule has 0 aliphatic carbocycles. The minimum absolute atomic E-state index is 0.0359. The van der Waals surface area contributed by atoms with Gasteiger partial charge in [0.25, 0.3) is 0 Å². The fourth-order valence-electron chi connectivity index (χ4n) is 2.53. The summed E-state index contributed by atoms with van der Waals surface area (Å²) >= 11 is 0. The highest BCUT2D eigenvalue weighted by Crippen LogP contribution is 2.25. The van der Waals surface area contributed by atoms with Crippen LogP contribution in [0.15, 0.2) is 61.2 Å². The second kappa shape index (κ2) is 8.89. The predicted octanol–water partition coefficient (Wildman–Crippen LogP) is 3.88. The number of hydrogen-bond donors (Lipinski definition) is 2. The van der Waals surface area contributed by atoms with E-state index < -0.39 is 0 Å². The summed E-state index contributed by atoms with van der Waals surface area (Å²) in [5.74, 6) is 0.495. The first-order valence-electron chi connectivity index (χ1n) is 8.01. The Bertz CT molecular complexity index is 683. The van der Waals surface area contributed by atoms with Crippen LogP contribution in [-0.4, -0.2) is 17.6 Å². The van der Waals surface area contributed by atoms with Crippen molar-refractivity contribution in [1.29, 1.82) is 0 Å². The Morgan fingerprint density at radius 1 is 1.29 bits per heavy atom. The van der Waals surface area contributed by atoms with Crippen molar-refractivity contribution in [2.45, 2.75) is 25.9 Å². The number of allylic oxidation sites excluding steroid dienone is 1. The van der Waals surface area contributed by atoms with Gasteiger partial charge in [-0.2, -0.15) is 0 Å². The number of anilines is 1. The third-order valence-corrected chi connectivity index (χ3v) is 3.73. The molecule has 0 aliphatic heterocycles. The second-order valence-electron chi connectivity index (χ2n) is 5.42. The number of carbonyl (C=O) groups is 1. The Morgan fingerprint density at radius 3 is 2.67 bits per heavy atom. The van der Waals surface area contributed by atoms with E-state index in [0.29, 0.717) is 30.0 Å². The molecule has 2 aromatic carbocycles. The van der Waals surface area contributed by atoms with E-state index in [2.05, 4.69) is 11.9 Å². The molecule has 4 nitrogen and oxygen atoms in total. The summed E-state index contributed by atoms with van der Waals surface area (Å²) in [6.45, 7) is 6.10. The minimum Gasteiger partial charge on any atom is -0.494 e. The van der Waals surface area contributed by atoms with E-state index in [-0.39, 0.29) is 18.4 Å². The standard InChI is InChI=1S/C20H23NO3/c1-3-15(16-8-6-5-7-9-16)13-20(23)21-18-10-11-19(24-4-2)17(12-18)14-22/h3,5-12,15,22H,1,4,13-14H2,2H3,(H,21,23). The average Bonchev–Trinajstić information content (AvgIpc) is 2.62. The van der Waals surface area contributed by atoms with Crippen LogP contribution in [0.25, 0.3) is 0 Å². The normalized spacial score (nSPS) is 11.6. The lowest BCUT2D eigenvalue weighted by Gasteiger charge is -2.14. The highest BCUT2D eigenvalue weighted by atomic mass is 16.5. The van der Waals surface area contributed by atoms with E-state index in [9.17, 15) is 9.90 Å². The number of aliphatic hydroxyl groups is 1. The largest absolute Gasteiger partial charge is 0.494 e. The van der Waals surface area contributed by atoms with Gasteiger partial charge in [-0.1, -0.05) is 36.4 Å². The van der Waals surface area contributed by atoms with Crippen LogP contribution in [0.2, 0.25) is 0 Å². The number of nitrogens with one attached hydrogen (secondary N) is 1. The molecule has 0 saturated heterocycles. The maximum atomic E-state index is 12.3. The molecule has 126 valence electrons. The fourth-order valence-corrected chi connectivity index (χ4v) is 2.53. The number of carbonyl (C=O) groups excluding carboxylic acids is 1. The smallest absolute Gasteiger partial charge is 0.225 e. The van der Waals surface area contributed by atoms with Crippen molar-refractivity contribution in [2.24, 2.45) is 0 Å². The molecule has 0 fully saturated rings. The summed E-state index contributed by atoms with van der Waals surface area (Å²) in [6, 6.07) is 15.1. The molecule has 0 aromatic heterocycles. The number of benzene rings is 2. The molecule has 0 spiro atoms. The van der Waals surface area contributed by atoms with Crippen molar-refractivity contribution in [3.05, 3.63) is 72.3 Å². The Balaban J connectivity index is 2.05. The molecule has 24 heavy (non-hydrogen) atoms.